The van der Waals surface area contributed by atoms with Crippen LogP contribution in [-0.2, 0) is 11.0 Å². The summed E-state index contributed by atoms with van der Waals surface area (Å²) in [5.74, 6) is -0.587. The van der Waals surface area contributed by atoms with E-state index < -0.39 is 17.6 Å². The van der Waals surface area contributed by atoms with Crippen molar-refractivity contribution in [2.75, 3.05) is 11.1 Å². The molecule has 0 radical (unpaired) electrons. The Labute approximate surface area is 169 Å². The number of amides is 1. The van der Waals surface area contributed by atoms with E-state index >= 15 is 0 Å². The SMILES string of the molecule is O=C(CSc1nnc2c(Cl)cc(C(F)(F)F)cn12)Nc1cc(Cl)ccc1Cl. The van der Waals surface area contributed by atoms with Crippen LogP contribution in [0.4, 0.5) is 18.9 Å². The number of nitrogens with one attached hydrogen (secondary N) is 1. The van der Waals surface area contributed by atoms with Crippen molar-refractivity contribution in [3.8, 4) is 0 Å². The molecule has 12 heteroatoms. The molecule has 1 N–H and O–H groups in total. The molecule has 0 fully saturated rings. The first-order valence-corrected chi connectivity index (χ1v) is 9.26. The number of carbonyl (C=O) groups is 1. The zero-order chi connectivity index (χ0) is 19.8. The summed E-state index contributed by atoms with van der Waals surface area (Å²) >= 11 is 18.6. The highest BCUT2D eigenvalue weighted by Crippen LogP contribution is 2.33. The molecule has 3 rings (SSSR count). The van der Waals surface area contributed by atoms with Gasteiger partial charge >= 0.3 is 6.18 Å². The summed E-state index contributed by atoms with van der Waals surface area (Å²) in [6.07, 6.45) is -3.75. The third-order valence-corrected chi connectivity index (χ3v) is 5.08. The molecule has 0 aliphatic heterocycles. The van der Waals surface area contributed by atoms with Gasteiger partial charge in [0.2, 0.25) is 5.91 Å². The topological polar surface area (TPSA) is 59.3 Å². The number of nitrogens with zero attached hydrogens (tertiary/aromatic N) is 3. The first kappa shape index (κ1) is 20.1. The molecular weight excluding hydrogens is 448 g/mol. The zero-order valence-corrected chi connectivity index (χ0v) is 16.1. The number of benzene rings is 1. The van der Waals surface area contributed by atoms with Gasteiger partial charge in [-0.05, 0) is 24.3 Å². The van der Waals surface area contributed by atoms with Crippen LogP contribution in [0.3, 0.4) is 0 Å². The van der Waals surface area contributed by atoms with Crippen molar-refractivity contribution in [1.82, 2.24) is 14.6 Å². The normalized spacial score (nSPS) is 11.8. The summed E-state index contributed by atoms with van der Waals surface area (Å²) in [5.41, 5.74) is -0.564. The second kappa shape index (κ2) is 7.75. The fourth-order valence-corrected chi connectivity index (χ4v) is 3.39. The van der Waals surface area contributed by atoms with Crippen LogP contribution >= 0.6 is 46.6 Å². The number of thioether (sulfide) groups is 1. The number of aromatic nitrogens is 3. The summed E-state index contributed by atoms with van der Waals surface area (Å²) in [6, 6.07) is 5.35. The molecule has 0 atom stereocenters. The molecule has 0 saturated carbocycles. The largest absolute Gasteiger partial charge is 0.417 e. The average Bonchev–Trinajstić information content (AvgIpc) is 2.99. The van der Waals surface area contributed by atoms with Gasteiger partial charge in [0.1, 0.15) is 0 Å². The summed E-state index contributed by atoms with van der Waals surface area (Å²) < 4.78 is 40.0. The lowest BCUT2D eigenvalue weighted by atomic mass is 10.3. The molecular formula is C15H8Cl3F3N4OS. The average molecular weight is 456 g/mol. The lowest BCUT2D eigenvalue weighted by Gasteiger charge is -2.09. The fraction of sp³-hybridized carbons (Fsp3) is 0.133. The van der Waals surface area contributed by atoms with E-state index in [1.807, 2.05) is 0 Å². The van der Waals surface area contributed by atoms with Gasteiger partial charge in [-0.25, -0.2) is 0 Å². The Kier molecular flexibility index (Phi) is 5.76. The molecule has 0 unspecified atom stereocenters. The predicted molar refractivity (Wildman–Crippen MR) is 98.8 cm³/mol. The maximum absolute atomic E-state index is 13.0. The van der Waals surface area contributed by atoms with Crippen LogP contribution < -0.4 is 5.32 Å². The summed E-state index contributed by atoms with van der Waals surface area (Å²) in [5, 5.41) is 10.7. The fourth-order valence-electron chi connectivity index (χ4n) is 2.10. The van der Waals surface area contributed by atoms with Crippen LogP contribution in [-0.4, -0.2) is 26.3 Å². The molecule has 0 spiro atoms. The van der Waals surface area contributed by atoms with Gasteiger partial charge in [-0.2, -0.15) is 13.2 Å². The maximum atomic E-state index is 13.0. The number of alkyl halides is 3. The molecule has 0 saturated heterocycles. The highest BCUT2D eigenvalue weighted by atomic mass is 35.5. The van der Waals surface area contributed by atoms with Crippen molar-refractivity contribution < 1.29 is 18.0 Å². The van der Waals surface area contributed by atoms with Crippen molar-refractivity contribution >= 4 is 63.8 Å². The van der Waals surface area contributed by atoms with E-state index in [2.05, 4.69) is 15.5 Å². The Bertz CT molecular complexity index is 1030. The Hall–Kier alpha value is -1.68. The third-order valence-electron chi connectivity index (χ3n) is 3.29. The first-order valence-electron chi connectivity index (χ1n) is 7.14. The van der Waals surface area contributed by atoms with Gasteiger partial charge in [0, 0.05) is 11.2 Å². The minimum atomic E-state index is -4.58. The second-order valence-electron chi connectivity index (χ2n) is 5.21. The molecule has 0 aliphatic rings. The minimum absolute atomic E-state index is 0.0606. The Morgan fingerprint density at radius 2 is 1.89 bits per heavy atom. The first-order chi connectivity index (χ1) is 12.6. The minimum Gasteiger partial charge on any atom is -0.324 e. The number of anilines is 1. The van der Waals surface area contributed by atoms with E-state index in [0.29, 0.717) is 15.7 Å². The number of hydrogen-bond donors (Lipinski definition) is 1. The quantitative estimate of drug-likeness (QED) is 0.532. The predicted octanol–water partition coefficient (Wildman–Crippen LogP) is 5.44. The molecule has 1 aromatic carbocycles. The number of pyridine rings is 1. The van der Waals surface area contributed by atoms with Gasteiger partial charge in [-0.15, -0.1) is 10.2 Å². The third kappa shape index (κ3) is 4.60. The number of rotatable bonds is 4. The van der Waals surface area contributed by atoms with Crippen LogP contribution in [0.5, 0.6) is 0 Å². The Morgan fingerprint density at radius 1 is 1.15 bits per heavy atom. The van der Waals surface area contributed by atoms with Crippen LogP contribution in [0.25, 0.3) is 5.65 Å². The molecule has 0 bridgehead atoms. The lowest BCUT2D eigenvalue weighted by Crippen LogP contribution is -2.14. The van der Waals surface area contributed by atoms with Crippen LogP contribution in [0, 0.1) is 0 Å². The molecule has 2 heterocycles. The van der Waals surface area contributed by atoms with E-state index in [4.69, 9.17) is 34.8 Å². The molecule has 27 heavy (non-hydrogen) atoms. The van der Waals surface area contributed by atoms with Crippen LogP contribution in [0.1, 0.15) is 5.56 Å². The van der Waals surface area contributed by atoms with Gasteiger partial charge in [0.05, 0.1) is 27.0 Å². The highest BCUT2D eigenvalue weighted by Gasteiger charge is 2.32. The van der Waals surface area contributed by atoms with E-state index in [9.17, 15) is 18.0 Å². The van der Waals surface area contributed by atoms with Crippen molar-refractivity contribution in [2.24, 2.45) is 0 Å². The summed E-state index contributed by atoms with van der Waals surface area (Å²) in [4.78, 5) is 12.1. The monoisotopic (exact) mass is 454 g/mol. The molecule has 2 aromatic heterocycles. The summed E-state index contributed by atoms with van der Waals surface area (Å²) in [7, 11) is 0. The van der Waals surface area contributed by atoms with Gasteiger partial charge in [0.15, 0.2) is 10.8 Å². The van der Waals surface area contributed by atoms with Gasteiger partial charge in [-0.1, -0.05) is 46.6 Å². The molecule has 1 amide bonds. The van der Waals surface area contributed by atoms with Crippen molar-refractivity contribution in [2.45, 2.75) is 11.3 Å². The molecule has 5 nitrogen and oxygen atoms in total. The maximum Gasteiger partial charge on any atom is 0.417 e. The van der Waals surface area contributed by atoms with Gasteiger partial charge in [-0.3, -0.25) is 9.20 Å². The number of carbonyl (C=O) groups excluding carboxylic acids is 1. The Morgan fingerprint density at radius 3 is 2.59 bits per heavy atom. The lowest BCUT2D eigenvalue weighted by molar-refractivity contribution is -0.137. The van der Waals surface area contributed by atoms with Gasteiger partial charge < -0.3 is 5.32 Å². The van der Waals surface area contributed by atoms with Crippen LogP contribution in [0.15, 0.2) is 35.6 Å². The van der Waals surface area contributed by atoms with E-state index in [1.54, 1.807) is 6.07 Å². The van der Waals surface area contributed by atoms with E-state index in [0.717, 1.165) is 28.4 Å². The number of halogens is 6. The summed E-state index contributed by atoms with van der Waals surface area (Å²) in [6.45, 7) is 0. The smallest absolute Gasteiger partial charge is 0.324 e. The van der Waals surface area contributed by atoms with E-state index in [1.165, 1.54) is 12.1 Å². The second-order valence-corrected chi connectivity index (χ2v) is 7.41. The van der Waals surface area contributed by atoms with Crippen molar-refractivity contribution in [3.05, 3.63) is 51.1 Å². The Balaban J connectivity index is 1.78. The molecule has 3 aromatic rings. The molecule has 142 valence electrons. The van der Waals surface area contributed by atoms with Crippen molar-refractivity contribution in [1.29, 1.82) is 0 Å². The standard InChI is InChI=1S/C15H8Cl3F3N4OS/c16-8-1-2-9(17)11(4-8)22-12(26)6-27-14-24-23-13-10(18)3-7(5-25(13)14)15(19,20)21/h1-5H,6H2,(H,22,26). The van der Waals surface area contributed by atoms with Gasteiger partial charge in [0.25, 0.3) is 0 Å². The number of fused-ring (bicyclic) bond motifs is 1. The van der Waals surface area contributed by atoms with Crippen LogP contribution in [0.2, 0.25) is 15.1 Å². The molecule has 0 aliphatic carbocycles. The van der Waals surface area contributed by atoms with E-state index in [-0.39, 0.29) is 21.6 Å². The highest BCUT2D eigenvalue weighted by molar-refractivity contribution is 7.99. The number of hydrogen-bond acceptors (Lipinski definition) is 4. The van der Waals surface area contributed by atoms with Crippen molar-refractivity contribution in [3.63, 3.8) is 0 Å². The zero-order valence-electron chi connectivity index (χ0n) is 13.0.